The molecule has 0 atom stereocenters. The maximum absolute atomic E-state index is 4.99. The summed E-state index contributed by atoms with van der Waals surface area (Å²) in [6, 6.07) is 13.6. The predicted octanol–water partition coefficient (Wildman–Crippen LogP) is 4.73. The first-order chi connectivity index (χ1) is 15.2. The zero-order valence-electron chi connectivity index (χ0n) is 18.6. The van der Waals surface area contributed by atoms with Gasteiger partial charge in [0.2, 0.25) is 0 Å². The number of hydrogen-bond donors (Lipinski definition) is 0. The van der Waals surface area contributed by atoms with Crippen LogP contribution in [0.4, 0.5) is 11.5 Å². The van der Waals surface area contributed by atoms with Crippen molar-refractivity contribution < 1.29 is 0 Å². The second kappa shape index (κ2) is 8.29. The Balaban J connectivity index is 1.50. The minimum absolute atomic E-state index is 0.393. The van der Waals surface area contributed by atoms with Crippen LogP contribution in [0.25, 0.3) is 10.8 Å². The lowest BCUT2D eigenvalue weighted by Gasteiger charge is -2.36. The molecule has 3 aromatic rings. The van der Waals surface area contributed by atoms with Gasteiger partial charge in [0.05, 0.1) is 18.3 Å². The Morgan fingerprint density at radius 1 is 1.03 bits per heavy atom. The van der Waals surface area contributed by atoms with Crippen LogP contribution in [0.5, 0.6) is 0 Å². The van der Waals surface area contributed by atoms with Crippen molar-refractivity contribution in [2.45, 2.75) is 52.1 Å². The number of nitrogens with zero attached hydrogens (tertiary/aromatic N) is 5. The number of hydrogen-bond acceptors (Lipinski definition) is 5. The van der Waals surface area contributed by atoms with Gasteiger partial charge in [-0.2, -0.15) is 0 Å². The number of aliphatic imine (C=N–C) groups is 1. The maximum atomic E-state index is 4.99. The number of rotatable bonds is 4. The first-order valence-corrected chi connectivity index (χ1v) is 11.5. The number of fused-ring (bicyclic) bond motifs is 2. The summed E-state index contributed by atoms with van der Waals surface area (Å²) in [5.41, 5.74) is 5.19. The molecule has 2 aliphatic rings. The second-order valence-corrected chi connectivity index (χ2v) is 8.76. The average molecular weight is 414 g/mol. The molecule has 1 fully saturated rings. The Morgan fingerprint density at radius 3 is 2.55 bits per heavy atom. The van der Waals surface area contributed by atoms with Crippen molar-refractivity contribution in [2.75, 3.05) is 29.4 Å². The van der Waals surface area contributed by atoms with Gasteiger partial charge in [-0.3, -0.25) is 4.99 Å². The van der Waals surface area contributed by atoms with E-state index in [0.717, 1.165) is 63.5 Å². The van der Waals surface area contributed by atoms with Crippen LogP contribution >= 0.6 is 0 Å². The number of piperidine rings is 1. The van der Waals surface area contributed by atoms with Crippen molar-refractivity contribution >= 4 is 29.0 Å². The summed E-state index contributed by atoms with van der Waals surface area (Å²) in [6.07, 6.45) is 3.96. The Labute approximate surface area is 184 Å². The van der Waals surface area contributed by atoms with E-state index in [1.165, 1.54) is 33.3 Å². The van der Waals surface area contributed by atoms with Crippen LogP contribution in [0.2, 0.25) is 0 Å². The molecule has 160 valence electrons. The summed E-state index contributed by atoms with van der Waals surface area (Å²) in [5.74, 6) is 2.12. The van der Waals surface area contributed by atoms with Crippen molar-refractivity contribution in [2.24, 2.45) is 4.99 Å². The van der Waals surface area contributed by atoms with Gasteiger partial charge in [-0.1, -0.05) is 37.3 Å². The molecule has 0 bridgehead atoms. The van der Waals surface area contributed by atoms with Crippen molar-refractivity contribution in [3.05, 3.63) is 59.0 Å². The van der Waals surface area contributed by atoms with E-state index in [9.17, 15) is 0 Å². The molecule has 0 radical (unpaired) electrons. The first-order valence-electron chi connectivity index (χ1n) is 11.5. The van der Waals surface area contributed by atoms with E-state index in [2.05, 4.69) is 71.8 Å². The highest BCUT2D eigenvalue weighted by atomic mass is 15.2. The average Bonchev–Trinajstić information content (AvgIpc) is 2.83. The molecule has 0 amide bonds. The van der Waals surface area contributed by atoms with E-state index in [-0.39, 0.29) is 0 Å². The van der Waals surface area contributed by atoms with Gasteiger partial charge in [-0.25, -0.2) is 9.97 Å². The molecule has 5 nitrogen and oxygen atoms in total. The van der Waals surface area contributed by atoms with Crippen LogP contribution in [0.1, 0.15) is 42.4 Å². The summed E-state index contributed by atoms with van der Waals surface area (Å²) in [4.78, 5) is 19.2. The predicted molar refractivity (Wildman–Crippen MR) is 130 cm³/mol. The molecule has 2 aliphatic heterocycles. The van der Waals surface area contributed by atoms with Gasteiger partial charge in [0, 0.05) is 42.7 Å². The van der Waals surface area contributed by atoms with Crippen molar-refractivity contribution in [1.82, 2.24) is 9.97 Å². The standard InChI is InChI=1S/C26H31N5/c1-4-24-28-22-17-31(23-10-6-9-19-8-5-7-18(2)25(19)23)16-13-21(22)26(29-24)30-14-11-20(27-3)12-15-30/h5-10,20H,3-4,11-17H2,1-2H3. The number of aromatic nitrogens is 2. The van der Waals surface area contributed by atoms with Crippen LogP contribution < -0.4 is 9.80 Å². The molecule has 5 rings (SSSR count). The smallest absolute Gasteiger partial charge is 0.135 e. The Kier molecular flexibility index (Phi) is 5.34. The molecule has 0 spiro atoms. The van der Waals surface area contributed by atoms with Crippen LogP contribution in [-0.4, -0.2) is 42.4 Å². The van der Waals surface area contributed by atoms with E-state index < -0.39 is 0 Å². The molecule has 0 unspecified atom stereocenters. The van der Waals surface area contributed by atoms with Gasteiger partial charge in [0.1, 0.15) is 11.6 Å². The quantitative estimate of drug-likeness (QED) is 0.580. The van der Waals surface area contributed by atoms with Crippen molar-refractivity contribution in [3.8, 4) is 0 Å². The highest BCUT2D eigenvalue weighted by Gasteiger charge is 2.28. The molecule has 3 heterocycles. The lowest BCUT2D eigenvalue weighted by Crippen LogP contribution is -2.39. The fraction of sp³-hybridized carbons (Fsp3) is 0.423. The first kappa shape index (κ1) is 20.0. The van der Waals surface area contributed by atoms with Gasteiger partial charge >= 0.3 is 0 Å². The zero-order valence-corrected chi connectivity index (χ0v) is 18.6. The summed E-state index contributed by atoms with van der Waals surface area (Å²) in [5, 5.41) is 2.66. The molecule has 31 heavy (non-hydrogen) atoms. The molecule has 0 saturated carbocycles. The van der Waals surface area contributed by atoms with E-state index >= 15 is 0 Å². The third-order valence-electron chi connectivity index (χ3n) is 6.86. The van der Waals surface area contributed by atoms with Crippen LogP contribution in [0, 0.1) is 6.92 Å². The van der Waals surface area contributed by atoms with Crippen LogP contribution in [-0.2, 0) is 19.4 Å². The third kappa shape index (κ3) is 3.67. The molecule has 1 saturated heterocycles. The second-order valence-electron chi connectivity index (χ2n) is 8.76. The summed E-state index contributed by atoms with van der Waals surface area (Å²) < 4.78 is 0. The molecule has 5 heteroatoms. The summed E-state index contributed by atoms with van der Waals surface area (Å²) in [6.45, 7) is 11.9. The number of aryl methyl sites for hydroxylation is 2. The minimum Gasteiger partial charge on any atom is -0.365 e. The normalized spacial score (nSPS) is 17.1. The highest BCUT2D eigenvalue weighted by Crippen LogP contribution is 2.35. The lowest BCUT2D eigenvalue weighted by atomic mass is 9.99. The van der Waals surface area contributed by atoms with Gasteiger partial charge in [-0.05, 0) is 49.9 Å². The monoisotopic (exact) mass is 413 g/mol. The largest absolute Gasteiger partial charge is 0.365 e. The SMILES string of the molecule is C=NC1CCN(c2nc(CC)nc3c2CCN(c2cccc4cccc(C)c24)C3)CC1. The Morgan fingerprint density at radius 2 is 1.81 bits per heavy atom. The fourth-order valence-electron chi connectivity index (χ4n) is 5.12. The topological polar surface area (TPSA) is 44.6 Å². The van der Waals surface area contributed by atoms with E-state index in [0.29, 0.717) is 6.04 Å². The van der Waals surface area contributed by atoms with Crippen LogP contribution in [0.15, 0.2) is 41.4 Å². The fourth-order valence-corrected chi connectivity index (χ4v) is 5.12. The molecular weight excluding hydrogens is 382 g/mol. The molecule has 0 N–H and O–H groups in total. The number of benzene rings is 2. The van der Waals surface area contributed by atoms with Gasteiger partial charge in [0.15, 0.2) is 0 Å². The van der Waals surface area contributed by atoms with Gasteiger partial charge < -0.3 is 9.80 Å². The molecule has 1 aromatic heterocycles. The summed E-state index contributed by atoms with van der Waals surface area (Å²) >= 11 is 0. The van der Waals surface area contributed by atoms with E-state index in [4.69, 9.17) is 9.97 Å². The minimum atomic E-state index is 0.393. The highest BCUT2D eigenvalue weighted by molar-refractivity contribution is 5.97. The van der Waals surface area contributed by atoms with Gasteiger partial charge in [0.25, 0.3) is 0 Å². The van der Waals surface area contributed by atoms with E-state index in [1.54, 1.807) is 0 Å². The van der Waals surface area contributed by atoms with Crippen molar-refractivity contribution in [3.63, 3.8) is 0 Å². The third-order valence-corrected chi connectivity index (χ3v) is 6.86. The lowest BCUT2D eigenvalue weighted by molar-refractivity contribution is 0.499. The number of anilines is 2. The summed E-state index contributed by atoms with van der Waals surface area (Å²) in [7, 11) is 0. The van der Waals surface area contributed by atoms with E-state index in [1.807, 2.05) is 0 Å². The zero-order chi connectivity index (χ0) is 21.4. The Bertz CT molecular complexity index is 1110. The molecule has 2 aromatic carbocycles. The maximum Gasteiger partial charge on any atom is 0.135 e. The molecule has 0 aliphatic carbocycles. The van der Waals surface area contributed by atoms with Crippen LogP contribution in [0.3, 0.4) is 0 Å². The Hall–Kier alpha value is -2.95. The molecular formula is C26H31N5. The van der Waals surface area contributed by atoms with Crippen molar-refractivity contribution in [1.29, 1.82) is 0 Å². The van der Waals surface area contributed by atoms with Gasteiger partial charge in [-0.15, -0.1) is 0 Å².